The number of hydrazine groups is 1. The highest BCUT2D eigenvalue weighted by molar-refractivity contribution is 6.42. The average Bonchev–Trinajstić information content (AvgIpc) is 2.88. The number of fused-ring (bicyclic) bond motifs is 1. The number of aromatic nitrogens is 2. The van der Waals surface area contributed by atoms with Crippen LogP contribution in [0.3, 0.4) is 0 Å². The molecule has 3 rings (SSSR count). The fraction of sp³-hybridized carbons (Fsp3) is 0.0714. The summed E-state index contributed by atoms with van der Waals surface area (Å²) in [4.78, 5) is 0. The molecule has 0 aliphatic carbocycles. The maximum atomic E-state index is 6.07. The van der Waals surface area contributed by atoms with Gasteiger partial charge in [-0.05, 0) is 29.8 Å². The number of nitrogens with one attached hydrogen (secondary N) is 1. The van der Waals surface area contributed by atoms with E-state index in [-0.39, 0.29) is 6.04 Å². The van der Waals surface area contributed by atoms with E-state index < -0.39 is 0 Å². The highest BCUT2D eigenvalue weighted by Crippen LogP contribution is 2.30. The van der Waals surface area contributed by atoms with Crippen LogP contribution in [0.5, 0.6) is 0 Å². The maximum absolute atomic E-state index is 6.07. The van der Waals surface area contributed by atoms with Crippen LogP contribution < -0.4 is 11.3 Å². The Labute approximate surface area is 126 Å². The largest absolute Gasteiger partial charge is 0.271 e. The second-order valence-corrected chi connectivity index (χ2v) is 5.22. The second kappa shape index (κ2) is 5.42. The van der Waals surface area contributed by atoms with Crippen molar-refractivity contribution < 1.29 is 0 Å². The predicted octanol–water partition coefficient (Wildman–Crippen LogP) is 3.19. The van der Waals surface area contributed by atoms with Gasteiger partial charge in [0.2, 0.25) is 0 Å². The van der Waals surface area contributed by atoms with Crippen molar-refractivity contribution in [1.82, 2.24) is 15.0 Å². The third-order valence-electron chi connectivity index (χ3n) is 3.21. The van der Waals surface area contributed by atoms with Crippen LogP contribution in [0, 0.1) is 0 Å². The first-order valence-corrected chi connectivity index (χ1v) is 6.79. The number of pyridine rings is 1. The summed E-state index contributed by atoms with van der Waals surface area (Å²) < 4.78 is 1.80. The van der Waals surface area contributed by atoms with E-state index >= 15 is 0 Å². The van der Waals surface area contributed by atoms with Gasteiger partial charge < -0.3 is 0 Å². The van der Waals surface area contributed by atoms with Crippen LogP contribution in [0.2, 0.25) is 10.0 Å². The third-order valence-corrected chi connectivity index (χ3v) is 3.95. The van der Waals surface area contributed by atoms with Gasteiger partial charge in [0.1, 0.15) is 0 Å². The molecular formula is C14H12Cl2N4. The number of nitrogens with two attached hydrogens (primary N) is 1. The summed E-state index contributed by atoms with van der Waals surface area (Å²) in [7, 11) is 0. The molecule has 3 N–H and O–H groups in total. The van der Waals surface area contributed by atoms with Crippen LogP contribution in [0.4, 0.5) is 0 Å². The van der Waals surface area contributed by atoms with Gasteiger partial charge in [0.15, 0.2) is 0 Å². The first-order chi connectivity index (χ1) is 9.70. The fourth-order valence-corrected chi connectivity index (χ4v) is 2.54. The highest BCUT2D eigenvalue weighted by atomic mass is 35.5. The van der Waals surface area contributed by atoms with Gasteiger partial charge in [-0.1, -0.05) is 35.3 Å². The van der Waals surface area contributed by atoms with Crippen molar-refractivity contribution >= 4 is 28.7 Å². The molecule has 102 valence electrons. The van der Waals surface area contributed by atoms with E-state index in [0.29, 0.717) is 10.0 Å². The molecule has 1 atom stereocenters. The van der Waals surface area contributed by atoms with Crippen LogP contribution in [0.1, 0.15) is 17.2 Å². The zero-order valence-electron chi connectivity index (χ0n) is 10.4. The molecule has 6 heteroatoms. The highest BCUT2D eigenvalue weighted by Gasteiger charge is 2.17. The molecule has 4 nitrogen and oxygen atoms in total. The summed E-state index contributed by atoms with van der Waals surface area (Å²) in [5.41, 5.74) is 5.70. The molecule has 0 radical (unpaired) electrons. The second-order valence-electron chi connectivity index (χ2n) is 4.40. The van der Waals surface area contributed by atoms with Crippen molar-refractivity contribution in [3.05, 3.63) is 70.0 Å². The minimum absolute atomic E-state index is 0.204. The Hall–Kier alpha value is -1.59. The summed E-state index contributed by atoms with van der Waals surface area (Å²) in [6.07, 6.45) is 3.68. The van der Waals surface area contributed by atoms with Gasteiger partial charge in [0, 0.05) is 11.8 Å². The van der Waals surface area contributed by atoms with E-state index in [0.717, 1.165) is 16.6 Å². The van der Waals surface area contributed by atoms with E-state index in [9.17, 15) is 0 Å². The number of rotatable bonds is 3. The minimum atomic E-state index is -0.204. The first kappa shape index (κ1) is 13.4. The van der Waals surface area contributed by atoms with E-state index in [2.05, 4.69) is 10.5 Å². The van der Waals surface area contributed by atoms with Gasteiger partial charge in [-0.3, -0.25) is 5.84 Å². The van der Waals surface area contributed by atoms with Crippen molar-refractivity contribution in [3.63, 3.8) is 0 Å². The fourth-order valence-electron chi connectivity index (χ4n) is 2.23. The third kappa shape index (κ3) is 2.27. The Balaban J connectivity index is 2.11. The zero-order valence-corrected chi connectivity index (χ0v) is 11.9. The van der Waals surface area contributed by atoms with E-state index in [4.69, 9.17) is 29.0 Å². The van der Waals surface area contributed by atoms with Crippen molar-refractivity contribution in [2.24, 2.45) is 5.84 Å². The summed E-state index contributed by atoms with van der Waals surface area (Å²) >= 11 is 12.0. The van der Waals surface area contributed by atoms with E-state index in [1.54, 1.807) is 22.8 Å². The molecule has 20 heavy (non-hydrogen) atoms. The number of hydrogen-bond donors (Lipinski definition) is 2. The van der Waals surface area contributed by atoms with Gasteiger partial charge in [0.25, 0.3) is 0 Å². The topological polar surface area (TPSA) is 55.3 Å². The Morgan fingerprint density at radius 3 is 2.75 bits per heavy atom. The monoisotopic (exact) mass is 306 g/mol. The standard InChI is InChI=1S/C14H12Cl2N4/c15-11-5-4-9(7-12(11)16)14(19-17)10-8-18-20-6-2-1-3-13(10)20/h1-8,14,19H,17H2. The Bertz CT molecular complexity index is 754. The van der Waals surface area contributed by atoms with E-state index in [1.165, 1.54) is 0 Å². The minimum Gasteiger partial charge on any atom is -0.271 e. The smallest absolute Gasteiger partial charge is 0.0747 e. The molecule has 1 unspecified atom stereocenters. The number of halogens is 2. The van der Waals surface area contributed by atoms with Crippen LogP contribution in [-0.4, -0.2) is 9.61 Å². The molecular weight excluding hydrogens is 295 g/mol. The lowest BCUT2D eigenvalue weighted by molar-refractivity contribution is 0.641. The summed E-state index contributed by atoms with van der Waals surface area (Å²) in [6, 6.07) is 11.1. The molecule has 0 amide bonds. The lowest BCUT2D eigenvalue weighted by atomic mass is 10.0. The molecule has 0 saturated heterocycles. The molecule has 2 aromatic heterocycles. The molecule has 0 aliphatic heterocycles. The molecule has 3 aromatic rings. The molecule has 0 saturated carbocycles. The first-order valence-electron chi connectivity index (χ1n) is 6.04. The summed E-state index contributed by atoms with van der Waals surface area (Å²) in [6.45, 7) is 0. The Morgan fingerprint density at radius 2 is 2.00 bits per heavy atom. The maximum Gasteiger partial charge on any atom is 0.0747 e. The van der Waals surface area contributed by atoms with Crippen molar-refractivity contribution in [2.75, 3.05) is 0 Å². The van der Waals surface area contributed by atoms with E-state index in [1.807, 2.05) is 30.5 Å². The summed E-state index contributed by atoms with van der Waals surface area (Å²) in [5.74, 6) is 5.71. The predicted molar refractivity (Wildman–Crippen MR) is 80.8 cm³/mol. The number of nitrogens with zero attached hydrogens (tertiary/aromatic N) is 2. The molecule has 1 aromatic carbocycles. The Kier molecular flexibility index (Phi) is 3.63. The van der Waals surface area contributed by atoms with Crippen molar-refractivity contribution in [2.45, 2.75) is 6.04 Å². The van der Waals surface area contributed by atoms with Gasteiger partial charge in [-0.25, -0.2) is 9.94 Å². The summed E-state index contributed by atoms with van der Waals surface area (Å²) in [5, 5.41) is 5.34. The lowest BCUT2D eigenvalue weighted by Gasteiger charge is -2.16. The molecule has 0 bridgehead atoms. The average molecular weight is 307 g/mol. The number of hydrogen-bond acceptors (Lipinski definition) is 3. The van der Waals surface area contributed by atoms with Crippen LogP contribution in [0.15, 0.2) is 48.8 Å². The molecule has 2 heterocycles. The molecule has 0 fully saturated rings. The van der Waals surface area contributed by atoms with Crippen molar-refractivity contribution in [3.8, 4) is 0 Å². The van der Waals surface area contributed by atoms with Gasteiger partial charge >= 0.3 is 0 Å². The zero-order chi connectivity index (χ0) is 14.1. The van der Waals surface area contributed by atoms with Crippen LogP contribution >= 0.6 is 23.2 Å². The SMILES string of the molecule is NNC(c1ccc(Cl)c(Cl)c1)c1cnn2ccccc12. The van der Waals surface area contributed by atoms with Gasteiger partial charge in [-0.2, -0.15) is 5.10 Å². The van der Waals surface area contributed by atoms with Crippen molar-refractivity contribution in [1.29, 1.82) is 0 Å². The van der Waals surface area contributed by atoms with Crippen LogP contribution in [0.25, 0.3) is 5.52 Å². The lowest BCUT2D eigenvalue weighted by Crippen LogP contribution is -2.28. The quantitative estimate of drug-likeness (QED) is 0.577. The van der Waals surface area contributed by atoms with Gasteiger partial charge in [0.05, 0.1) is 27.8 Å². The Morgan fingerprint density at radius 1 is 1.15 bits per heavy atom. The number of benzene rings is 1. The molecule has 0 aliphatic rings. The van der Waals surface area contributed by atoms with Gasteiger partial charge in [-0.15, -0.1) is 0 Å². The molecule has 0 spiro atoms. The normalized spacial score (nSPS) is 12.8. The van der Waals surface area contributed by atoms with Crippen LogP contribution in [-0.2, 0) is 0 Å².